The van der Waals surface area contributed by atoms with Crippen molar-refractivity contribution in [1.82, 2.24) is 20.4 Å². The van der Waals surface area contributed by atoms with E-state index in [-0.39, 0.29) is 18.3 Å². The Bertz CT molecular complexity index is 944. The van der Waals surface area contributed by atoms with Crippen molar-refractivity contribution >= 4 is 11.9 Å². The van der Waals surface area contributed by atoms with E-state index in [9.17, 15) is 9.59 Å². The zero-order chi connectivity index (χ0) is 19.6. The average Bonchev–Trinajstić information content (AvgIpc) is 3.20. The molecule has 7 heteroatoms. The number of nitrogens with zero attached hydrogens (tertiary/aromatic N) is 3. The molecule has 0 unspecified atom stereocenters. The van der Waals surface area contributed by atoms with Gasteiger partial charge in [-0.15, -0.1) is 10.2 Å². The summed E-state index contributed by atoms with van der Waals surface area (Å²) in [5, 5.41) is 10.6. The second-order valence-electron chi connectivity index (χ2n) is 6.94. The summed E-state index contributed by atoms with van der Waals surface area (Å²) < 4.78 is 5.35. The van der Waals surface area contributed by atoms with Crippen LogP contribution in [0.3, 0.4) is 0 Å². The van der Waals surface area contributed by atoms with Crippen LogP contribution in [0, 0.1) is 6.92 Å². The van der Waals surface area contributed by atoms with Crippen molar-refractivity contribution < 1.29 is 14.0 Å². The van der Waals surface area contributed by atoms with Crippen LogP contribution in [0.4, 0.5) is 4.79 Å². The molecule has 1 aliphatic heterocycles. The molecule has 0 bridgehead atoms. The number of nitrogens with one attached hydrogen (secondary N) is 1. The van der Waals surface area contributed by atoms with Crippen molar-refractivity contribution in [3.8, 4) is 0 Å². The molecule has 0 aliphatic carbocycles. The van der Waals surface area contributed by atoms with Crippen molar-refractivity contribution in [2.24, 2.45) is 0 Å². The SMILES string of the molecule is Cc1nnc(CN2C(=O)NC(Cc3ccccc3)(Cc3ccccc3)C2=O)o1. The molecular weight excluding hydrogens is 356 g/mol. The number of aryl methyl sites for hydroxylation is 1. The predicted molar refractivity (Wildman–Crippen MR) is 101 cm³/mol. The lowest BCUT2D eigenvalue weighted by Gasteiger charge is -2.27. The van der Waals surface area contributed by atoms with Gasteiger partial charge < -0.3 is 9.73 Å². The minimum atomic E-state index is -1.06. The lowest BCUT2D eigenvalue weighted by molar-refractivity contribution is -0.132. The number of amides is 3. The molecule has 0 radical (unpaired) electrons. The van der Waals surface area contributed by atoms with Gasteiger partial charge in [0.2, 0.25) is 11.8 Å². The third-order valence-electron chi connectivity index (χ3n) is 4.80. The maximum atomic E-state index is 13.4. The van der Waals surface area contributed by atoms with E-state index < -0.39 is 11.6 Å². The first-order valence-corrected chi connectivity index (χ1v) is 9.07. The van der Waals surface area contributed by atoms with Crippen LogP contribution in [0.2, 0.25) is 0 Å². The van der Waals surface area contributed by atoms with Crippen LogP contribution in [0.1, 0.15) is 22.9 Å². The van der Waals surface area contributed by atoms with Gasteiger partial charge in [-0.3, -0.25) is 9.69 Å². The van der Waals surface area contributed by atoms with Gasteiger partial charge in [-0.05, 0) is 11.1 Å². The lowest BCUT2D eigenvalue weighted by atomic mass is 9.84. The number of carbonyl (C=O) groups is 2. The molecule has 1 saturated heterocycles. The lowest BCUT2D eigenvalue weighted by Crippen LogP contribution is -2.51. The van der Waals surface area contributed by atoms with E-state index in [4.69, 9.17) is 4.42 Å². The Labute approximate surface area is 162 Å². The maximum absolute atomic E-state index is 13.4. The van der Waals surface area contributed by atoms with E-state index in [1.54, 1.807) is 6.92 Å². The molecule has 142 valence electrons. The summed E-state index contributed by atoms with van der Waals surface area (Å²) in [6, 6.07) is 18.9. The van der Waals surface area contributed by atoms with Crippen LogP contribution in [0.25, 0.3) is 0 Å². The molecule has 1 fully saturated rings. The number of hydrogen-bond donors (Lipinski definition) is 1. The van der Waals surface area contributed by atoms with Crippen molar-refractivity contribution in [3.63, 3.8) is 0 Å². The summed E-state index contributed by atoms with van der Waals surface area (Å²) >= 11 is 0. The van der Waals surface area contributed by atoms with Gasteiger partial charge in [0.25, 0.3) is 5.91 Å². The minimum Gasteiger partial charge on any atom is -0.424 e. The molecule has 2 heterocycles. The number of carbonyl (C=O) groups excluding carboxylic acids is 2. The normalized spacial score (nSPS) is 15.7. The molecule has 3 amide bonds. The number of rotatable bonds is 6. The van der Waals surface area contributed by atoms with Crippen LogP contribution >= 0.6 is 0 Å². The van der Waals surface area contributed by atoms with Crippen molar-refractivity contribution in [3.05, 3.63) is 83.6 Å². The van der Waals surface area contributed by atoms with Gasteiger partial charge in [0.15, 0.2) is 0 Å². The fraction of sp³-hybridized carbons (Fsp3) is 0.238. The molecule has 0 atom stereocenters. The third-order valence-corrected chi connectivity index (χ3v) is 4.80. The second-order valence-corrected chi connectivity index (χ2v) is 6.94. The molecule has 4 rings (SSSR count). The fourth-order valence-electron chi connectivity index (χ4n) is 3.55. The molecule has 3 aromatic rings. The fourth-order valence-corrected chi connectivity index (χ4v) is 3.55. The Balaban J connectivity index is 1.66. The average molecular weight is 376 g/mol. The zero-order valence-electron chi connectivity index (χ0n) is 15.5. The molecule has 2 aromatic carbocycles. The standard InChI is InChI=1S/C21H20N4O3/c1-15-23-24-18(28-15)14-25-19(26)21(22-20(25)27,12-16-8-4-2-5-9-16)13-17-10-6-3-7-11-17/h2-11H,12-14H2,1H3,(H,22,27). The van der Waals surface area contributed by atoms with Crippen molar-refractivity contribution in [2.75, 3.05) is 0 Å². The Kier molecular flexibility index (Phi) is 4.65. The first-order valence-electron chi connectivity index (χ1n) is 9.07. The number of hydrogen-bond acceptors (Lipinski definition) is 5. The van der Waals surface area contributed by atoms with Crippen molar-refractivity contribution in [2.45, 2.75) is 31.8 Å². The highest BCUT2D eigenvalue weighted by Gasteiger charge is 2.51. The Hall–Kier alpha value is -3.48. The monoisotopic (exact) mass is 376 g/mol. The van der Waals surface area contributed by atoms with Gasteiger partial charge in [0.1, 0.15) is 12.1 Å². The highest BCUT2D eigenvalue weighted by Crippen LogP contribution is 2.28. The van der Waals surface area contributed by atoms with Crippen LogP contribution in [0.15, 0.2) is 65.1 Å². The van der Waals surface area contributed by atoms with Gasteiger partial charge in [0, 0.05) is 19.8 Å². The molecule has 0 saturated carbocycles. The van der Waals surface area contributed by atoms with E-state index in [1.807, 2.05) is 60.7 Å². The highest BCUT2D eigenvalue weighted by molar-refractivity contribution is 6.07. The summed E-state index contributed by atoms with van der Waals surface area (Å²) in [6.07, 6.45) is 0.791. The minimum absolute atomic E-state index is 0.0448. The van der Waals surface area contributed by atoms with Crippen LogP contribution < -0.4 is 5.32 Å². The molecule has 7 nitrogen and oxygen atoms in total. The smallest absolute Gasteiger partial charge is 0.325 e. The molecule has 1 N–H and O–H groups in total. The van der Waals surface area contributed by atoms with Crippen LogP contribution in [-0.2, 0) is 24.2 Å². The van der Waals surface area contributed by atoms with E-state index in [2.05, 4.69) is 15.5 Å². The summed E-state index contributed by atoms with van der Waals surface area (Å²) in [6.45, 7) is 1.62. The van der Waals surface area contributed by atoms with Crippen LogP contribution in [0.5, 0.6) is 0 Å². The number of imide groups is 1. The third kappa shape index (κ3) is 3.51. The van der Waals surface area contributed by atoms with Gasteiger partial charge in [-0.2, -0.15) is 0 Å². The maximum Gasteiger partial charge on any atom is 0.325 e. The van der Waals surface area contributed by atoms with E-state index >= 15 is 0 Å². The number of benzene rings is 2. The molecular formula is C21H20N4O3. The molecule has 1 aromatic heterocycles. The largest absolute Gasteiger partial charge is 0.424 e. The molecule has 1 aliphatic rings. The Morgan fingerprint density at radius 2 is 1.50 bits per heavy atom. The summed E-state index contributed by atoms with van der Waals surface area (Å²) in [4.78, 5) is 27.3. The highest BCUT2D eigenvalue weighted by atomic mass is 16.4. The molecule has 28 heavy (non-hydrogen) atoms. The van der Waals surface area contributed by atoms with E-state index in [0.717, 1.165) is 16.0 Å². The van der Waals surface area contributed by atoms with Gasteiger partial charge in [-0.25, -0.2) is 4.79 Å². The number of aromatic nitrogens is 2. The Morgan fingerprint density at radius 3 is 2.00 bits per heavy atom. The van der Waals surface area contributed by atoms with Gasteiger partial charge >= 0.3 is 6.03 Å². The summed E-state index contributed by atoms with van der Waals surface area (Å²) in [5.74, 6) is 0.333. The summed E-state index contributed by atoms with van der Waals surface area (Å²) in [7, 11) is 0. The summed E-state index contributed by atoms with van der Waals surface area (Å²) in [5.41, 5.74) is 0.889. The van der Waals surface area contributed by atoms with Gasteiger partial charge in [-0.1, -0.05) is 60.7 Å². The van der Waals surface area contributed by atoms with E-state index in [1.165, 1.54) is 0 Å². The first-order chi connectivity index (χ1) is 13.6. The quantitative estimate of drug-likeness (QED) is 0.668. The van der Waals surface area contributed by atoms with Crippen molar-refractivity contribution in [1.29, 1.82) is 0 Å². The van der Waals surface area contributed by atoms with E-state index in [0.29, 0.717) is 18.7 Å². The second kappa shape index (κ2) is 7.26. The first kappa shape index (κ1) is 17.9. The zero-order valence-corrected chi connectivity index (χ0v) is 15.5. The van der Waals surface area contributed by atoms with Gasteiger partial charge in [0.05, 0.1) is 0 Å². The number of urea groups is 1. The topological polar surface area (TPSA) is 88.3 Å². The predicted octanol–water partition coefficient (Wildman–Crippen LogP) is 2.65. The molecule has 0 spiro atoms. The van der Waals surface area contributed by atoms with Crippen LogP contribution in [-0.4, -0.2) is 32.6 Å². The Morgan fingerprint density at radius 1 is 0.929 bits per heavy atom.